The van der Waals surface area contributed by atoms with Crippen molar-refractivity contribution in [2.75, 3.05) is 19.8 Å². The fourth-order valence-corrected chi connectivity index (χ4v) is 2.73. The number of carbonyl (C=O) groups excluding carboxylic acids is 1. The summed E-state index contributed by atoms with van der Waals surface area (Å²) < 4.78 is 5.32. The minimum Gasteiger partial charge on any atom is -0.378 e. The summed E-state index contributed by atoms with van der Waals surface area (Å²) in [4.78, 5) is 13.6. The molecular formula is C11H21N3O2. The van der Waals surface area contributed by atoms with E-state index in [1.165, 1.54) is 0 Å². The van der Waals surface area contributed by atoms with Crippen LogP contribution in [0.15, 0.2) is 0 Å². The maximum Gasteiger partial charge on any atom is 0.237 e. The lowest BCUT2D eigenvalue weighted by Gasteiger charge is -2.42. The van der Waals surface area contributed by atoms with Crippen molar-refractivity contribution in [2.45, 2.75) is 43.8 Å². The first kappa shape index (κ1) is 11.8. The molecule has 1 amide bonds. The maximum absolute atomic E-state index is 11.3. The molecule has 2 aliphatic rings. The average molecular weight is 227 g/mol. The summed E-state index contributed by atoms with van der Waals surface area (Å²) >= 11 is 0. The summed E-state index contributed by atoms with van der Waals surface area (Å²) in [6.07, 6.45) is 4.25. The highest BCUT2D eigenvalue weighted by atomic mass is 16.5. The van der Waals surface area contributed by atoms with Crippen LogP contribution in [0.3, 0.4) is 0 Å². The molecule has 2 fully saturated rings. The Labute approximate surface area is 96.1 Å². The van der Waals surface area contributed by atoms with Gasteiger partial charge in [-0.3, -0.25) is 9.69 Å². The van der Waals surface area contributed by atoms with E-state index in [0.717, 1.165) is 32.2 Å². The number of hydrogen-bond acceptors (Lipinski definition) is 4. The second-order valence-corrected chi connectivity index (χ2v) is 4.80. The minimum atomic E-state index is -0.269. The van der Waals surface area contributed by atoms with Gasteiger partial charge in [-0.2, -0.15) is 0 Å². The van der Waals surface area contributed by atoms with Crippen LogP contribution in [0.4, 0.5) is 0 Å². The molecule has 1 atom stereocenters. The van der Waals surface area contributed by atoms with Crippen molar-refractivity contribution >= 4 is 5.91 Å². The highest BCUT2D eigenvalue weighted by Crippen LogP contribution is 2.24. The van der Waals surface area contributed by atoms with E-state index in [0.29, 0.717) is 25.3 Å². The lowest BCUT2D eigenvalue weighted by atomic mass is 9.89. The molecule has 1 heterocycles. The molecule has 1 unspecified atom stereocenters. The van der Waals surface area contributed by atoms with Crippen LogP contribution in [0.5, 0.6) is 0 Å². The first-order valence-electron chi connectivity index (χ1n) is 6.07. The summed E-state index contributed by atoms with van der Waals surface area (Å²) in [5.41, 5.74) is 11.3. The van der Waals surface area contributed by atoms with Crippen LogP contribution in [0.2, 0.25) is 0 Å². The summed E-state index contributed by atoms with van der Waals surface area (Å²) in [7, 11) is 0. The first-order valence-corrected chi connectivity index (χ1v) is 6.07. The fourth-order valence-electron chi connectivity index (χ4n) is 2.73. The zero-order valence-corrected chi connectivity index (χ0v) is 9.60. The van der Waals surface area contributed by atoms with E-state index in [1.54, 1.807) is 0 Å². The van der Waals surface area contributed by atoms with Crippen molar-refractivity contribution in [1.82, 2.24) is 4.90 Å². The molecule has 0 bridgehead atoms. The fraction of sp³-hybridized carbons (Fsp3) is 0.909. The molecular weight excluding hydrogens is 206 g/mol. The number of carbonyl (C=O) groups is 1. The average Bonchev–Trinajstić information content (AvgIpc) is 2.30. The van der Waals surface area contributed by atoms with Gasteiger partial charge in [-0.05, 0) is 25.7 Å². The van der Waals surface area contributed by atoms with Gasteiger partial charge in [0.2, 0.25) is 5.91 Å². The number of hydrogen-bond donors (Lipinski definition) is 2. The van der Waals surface area contributed by atoms with Gasteiger partial charge in [0.1, 0.15) is 6.04 Å². The van der Waals surface area contributed by atoms with Gasteiger partial charge >= 0.3 is 0 Å². The predicted molar refractivity (Wildman–Crippen MR) is 60.7 cm³/mol. The Morgan fingerprint density at radius 1 is 1.25 bits per heavy atom. The number of amides is 1. The number of rotatable bonds is 2. The van der Waals surface area contributed by atoms with Crippen LogP contribution in [-0.2, 0) is 9.53 Å². The minimum absolute atomic E-state index is 0.243. The Morgan fingerprint density at radius 3 is 2.56 bits per heavy atom. The Kier molecular flexibility index (Phi) is 3.78. The van der Waals surface area contributed by atoms with Gasteiger partial charge in [-0.15, -0.1) is 0 Å². The number of nitrogens with two attached hydrogens (primary N) is 2. The highest BCUT2D eigenvalue weighted by molar-refractivity contribution is 5.80. The molecule has 4 N–H and O–H groups in total. The van der Waals surface area contributed by atoms with Gasteiger partial charge < -0.3 is 16.2 Å². The Balaban J connectivity index is 1.97. The Hall–Kier alpha value is -0.650. The molecule has 16 heavy (non-hydrogen) atoms. The molecule has 5 heteroatoms. The van der Waals surface area contributed by atoms with E-state index in [9.17, 15) is 4.79 Å². The van der Waals surface area contributed by atoms with Gasteiger partial charge in [0.05, 0.1) is 13.2 Å². The third-order valence-corrected chi connectivity index (χ3v) is 3.71. The SMILES string of the molecule is NC(=O)C1COCCN1C1CCC(N)CC1. The molecule has 0 aromatic heterocycles. The number of morpholine rings is 1. The molecule has 92 valence electrons. The van der Waals surface area contributed by atoms with Crippen molar-refractivity contribution in [2.24, 2.45) is 11.5 Å². The number of ether oxygens (including phenoxy) is 1. The molecule has 0 aromatic carbocycles. The molecule has 1 aliphatic carbocycles. The smallest absolute Gasteiger partial charge is 0.237 e. The second-order valence-electron chi connectivity index (χ2n) is 4.80. The zero-order chi connectivity index (χ0) is 11.5. The quantitative estimate of drug-likeness (QED) is 0.662. The normalized spacial score (nSPS) is 37.2. The lowest BCUT2D eigenvalue weighted by Crippen LogP contribution is -2.57. The van der Waals surface area contributed by atoms with Crippen molar-refractivity contribution in [3.8, 4) is 0 Å². The van der Waals surface area contributed by atoms with Crippen molar-refractivity contribution in [3.63, 3.8) is 0 Å². The third kappa shape index (κ3) is 2.53. The molecule has 1 aliphatic heterocycles. The van der Waals surface area contributed by atoms with Gasteiger partial charge in [0, 0.05) is 18.6 Å². The number of nitrogens with zero attached hydrogens (tertiary/aromatic N) is 1. The molecule has 2 rings (SSSR count). The standard InChI is InChI=1S/C11H21N3O2/c12-8-1-3-9(4-2-8)14-5-6-16-7-10(14)11(13)15/h8-10H,1-7,12H2,(H2,13,15). The van der Waals surface area contributed by atoms with Gasteiger partial charge in [-0.25, -0.2) is 0 Å². The van der Waals surface area contributed by atoms with Gasteiger partial charge in [0.15, 0.2) is 0 Å². The van der Waals surface area contributed by atoms with Crippen molar-refractivity contribution in [3.05, 3.63) is 0 Å². The summed E-state index contributed by atoms with van der Waals surface area (Å²) in [5, 5.41) is 0. The van der Waals surface area contributed by atoms with E-state index >= 15 is 0 Å². The largest absolute Gasteiger partial charge is 0.378 e. The van der Waals surface area contributed by atoms with Crippen LogP contribution in [0.1, 0.15) is 25.7 Å². The molecule has 0 radical (unpaired) electrons. The predicted octanol–water partition coefficient (Wildman–Crippen LogP) is -0.558. The lowest BCUT2D eigenvalue weighted by molar-refractivity contribution is -0.132. The van der Waals surface area contributed by atoms with E-state index in [-0.39, 0.29) is 11.9 Å². The van der Waals surface area contributed by atoms with E-state index < -0.39 is 0 Å². The number of primary amides is 1. The van der Waals surface area contributed by atoms with E-state index in [2.05, 4.69) is 4.90 Å². The molecule has 1 saturated heterocycles. The van der Waals surface area contributed by atoms with Crippen LogP contribution >= 0.6 is 0 Å². The van der Waals surface area contributed by atoms with Crippen LogP contribution in [0, 0.1) is 0 Å². The zero-order valence-electron chi connectivity index (χ0n) is 9.60. The Bertz CT molecular complexity index is 252. The maximum atomic E-state index is 11.3. The van der Waals surface area contributed by atoms with Crippen molar-refractivity contribution in [1.29, 1.82) is 0 Å². The molecule has 1 saturated carbocycles. The van der Waals surface area contributed by atoms with Crippen LogP contribution in [-0.4, -0.2) is 48.7 Å². The highest BCUT2D eigenvalue weighted by Gasteiger charge is 2.34. The van der Waals surface area contributed by atoms with Crippen LogP contribution in [0.25, 0.3) is 0 Å². The summed E-state index contributed by atoms with van der Waals surface area (Å²) in [6, 6.07) is 0.554. The topological polar surface area (TPSA) is 81.6 Å². The summed E-state index contributed by atoms with van der Waals surface area (Å²) in [6.45, 7) is 1.96. The van der Waals surface area contributed by atoms with Crippen LogP contribution < -0.4 is 11.5 Å². The van der Waals surface area contributed by atoms with Gasteiger partial charge in [-0.1, -0.05) is 0 Å². The molecule has 5 nitrogen and oxygen atoms in total. The summed E-state index contributed by atoms with van der Waals surface area (Å²) in [5.74, 6) is -0.269. The third-order valence-electron chi connectivity index (χ3n) is 3.71. The second kappa shape index (κ2) is 5.12. The van der Waals surface area contributed by atoms with Crippen molar-refractivity contribution < 1.29 is 9.53 Å². The molecule has 0 aromatic rings. The van der Waals surface area contributed by atoms with E-state index in [4.69, 9.17) is 16.2 Å². The molecule has 0 spiro atoms. The first-order chi connectivity index (χ1) is 7.68. The monoisotopic (exact) mass is 227 g/mol. The van der Waals surface area contributed by atoms with E-state index in [1.807, 2.05) is 0 Å². The van der Waals surface area contributed by atoms with Gasteiger partial charge in [0.25, 0.3) is 0 Å². The Morgan fingerprint density at radius 2 is 1.94 bits per heavy atom.